The van der Waals surface area contributed by atoms with Crippen molar-refractivity contribution >= 4 is 29.1 Å². The number of ether oxygens (including phenoxy) is 1. The third-order valence-electron chi connectivity index (χ3n) is 4.43. The maximum atomic E-state index is 12.5. The van der Waals surface area contributed by atoms with Gasteiger partial charge in [-0.05, 0) is 54.7 Å². The Balaban J connectivity index is 1.69. The molecule has 0 spiro atoms. The van der Waals surface area contributed by atoms with Gasteiger partial charge in [0.2, 0.25) is 5.91 Å². The quantitative estimate of drug-likeness (QED) is 0.763. The third-order valence-corrected chi connectivity index (χ3v) is 5.05. The Morgan fingerprint density at radius 1 is 1.19 bits per heavy atom. The van der Waals surface area contributed by atoms with E-state index in [1.807, 2.05) is 12.1 Å². The summed E-state index contributed by atoms with van der Waals surface area (Å²) in [6, 6.07) is 16.4. The van der Waals surface area contributed by atoms with Gasteiger partial charge in [0.1, 0.15) is 12.4 Å². The molecule has 1 amide bonds. The second-order valence-corrected chi connectivity index (χ2v) is 7.26. The van der Waals surface area contributed by atoms with Crippen LogP contribution in [0.15, 0.2) is 48.5 Å². The molecule has 134 valence electrons. The monoisotopic (exact) mass is 388 g/mol. The lowest BCUT2D eigenvalue weighted by molar-refractivity contribution is -0.122. The molecule has 1 N–H and O–H groups in total. The molecule has 1 fully saturated rings. The van der Waals surface area contributed by atoms with Crippen molar-refractivity contribution in [2.24, 2.45) is 5.92 Å². The van der Waals surface area contributed by atoms with E-state index in [0.717, 1.165) is 18.4 Å². The van der Waals surface area contributed by atoms with Crippen LogP contribution in [0, 0.1) is 17.2 Å². The molecular formula is C20H18Cl2N2O2. The molecule has 1 atom stereocenters. The molecule has 0 bridgehead atoms. The number of carbonyl (C=O) groups is 1. The first-order valence-electron chi connectivity index (χ1n) is 8.36. The van der Waals surface area contributed by atoms with E-state index in [1.54, 1.807) is 36.4 Å². The Bertz CT molecular complexity index is 828. The number of nitrogens with one attached hydrogen (secondary N) is 1. The van der Waals surface area contributed by atoms with Crippen molar-refractivity contribution < 1.29 is 9.53 Å². The minimum Gasteiger partial charge on any atom is -0.490 e. The molecule has 1 aliphatic rings. The largest absolute Gasteiger partial charge is 0.490 e. The highest BCUT2D eigenvalue weighted by Gasteiger charge is 2.47. The van der Waals surface area contributed by atoms with E-state index in [1.165, 1.54) is 0 Å². The van der Waals surface area contributed by atoms with E-state index >= 15 is 0 Å². The molecule has 1 saturated carbocycles. The fraction of sp³-hybridized carbons (Fsp3) is 0.300. The maximum Gasteiger partial charge on any atom is 0.225 e. The van der Waals surface area contributed by atoms with Crippen LogP contribution in [0.5, 0.6) is 5.75 Å². The van der Waals surface area contributed by atoms with Gasteiger partial charge in [0.15, 0.2) is 5.54 Å². The Morgan fingerprint density at radius 2 is 1.88 bits per heavy atom. The van der Waals surface area contributed by atoms with Gasteiger partial charge < -0.3 is 10.1 Å². The van der Waals surface area contributed by atoms with Gasteiger partial charge in [-0.2, -0.15) is 5.26 Å². The summed E-state index contributed by atoms with van der Waals surface area (Å²) < 4.78 is 5.77. The van der Waals surface area contributed by atoms with Crippen molar-refractivity contribution in [3.63, 3.8) is 0 Å². The van der Waals surface area contributed by atoms with Crippen molar-refractivity contribution in [2.45, 2.75) is 24.8 Å². The van der Waals surface area contributed by atoms with Crippen molar-refractivity contribution in [3.8, 4) is 11.8 Å². The molecule has 0 heterocycles. The number of amides is 1. The molecule has 6 heteroatoms. The number of benzene rings is 2. The van der Waals surface area contributed by atoms with Crippen LogP contribution in [0.25, 0.3) is 0 Å². The standard InChI is InChI=1S/C20H18Cl2N2O2/c21-16-7-9-17(10-8-16)26-13-20(12-23,15-5-6-15)24-19(25)11-14-3-1-2-4-18(14)22/h1-4,7-10,15H,5-6,11,13H2,(H,24,25). The molecule has 4 nitrogen and oxygen atoms in total. The van der Waals surface area contributed by atoms with Gasteiger partial charge in [0, 0.05) is 10.0 Å². The minimum absolute atomic E-state index is 0.0874. The highest BCUT2D eigenvalue weighted by atomic mass is 35.5. The van der Waals surface area contributed by atoms with Crippen molar-refractivity contribution in [1.29, 1.82) is 5.26 Å². The van der Waals surface area contributed by atoms with Gasteiger partial charge >= 0.3 is 0 Å². The summed E-state index contributed by atoms with van der Waals surface area (Å²) in [6.07, 6.45) is 1.91. The summed E-state index contributed by atoms with van der Waals surface area (Å²) in [7, 11) is 0. The Morgan fingerprint density at radius 3 is 2.50 bits per heavy atom. The van der Waals surface area contributed by atoms with Crippen LogP contribution in [-0.2, 0) is 11.2 Å². The first-order valence-corrected chi connectivity index (χ1v) is 9.12. The van der Waals surface area contributed by atoms with Gasteiger partial charge in [-0.1, -0.05) is 41.4 Å². The zero-order valence-electron chi connectivity index (χ0n) is 14.0. The smallest absolute Gasteiger partial charge is 0.225 e. The van der Waals surface area contributed by atoms with E-state index in [2.05, 4.69) is 11.4 Å². The van der Waals surface area contributed by atoms with Gasteiger partial charge in [0.25, 0.3) is 0 Å². The molecule has 0 aromatic heterocycles. The number of carbonyl (C=O) groups excluding carboxylic acids is 1. The first-order chi connectivity index (χ1) is 12.5. The summed E-state index contributed by atoms with van der Waals surface area (Å²) in [5.74, 6) is 0.455. The van der Waals surface area contributed by atoms with Crippen molar-refractivity contribution in [2.75, 3.05) is 6.61 Å². The maximum absolute atomic E-state index is 12.5. The molecule has 0 aliphatic heterocycles. The summed E-state index contributed by atoms with van der Waals surface area (Å²) in [4.78, 5) is 12.5. The minimum atomic E-state index is -1.04. The molecule has 0 radical (unpaired) electrons. The molecule has 2 aromatic carbocycles. The van der Waals surface area contributed by atoms with Gasteiger partial charge in [-0.25, -0.2) is 0 Å². The van der Waals surface area contributed by atoms with Gasteiger partial charge in [0.05, 0.1) is 12.5 Å². The molecule has 1 unspecified atom stereocenters. The topological polar surface area (TPSA) is 62.1 Å². The van der Waals surface area contributed by atoms with Crippen LogP contribution < -0.4 is 10.1 Å². The van der Waals surface area contributed by atoms with E-state index in [0.29, 0.717) is 15.8 Å². The zero-order chi connectivity index (χ0) is 18.6. The highest BCUT2D eigenvalue weighted by molar-refractivity contribution is 6.31. The normalized spacial score (nSPS) is 15.6. The Hall–Kier alpha value is -2.22. The van der Waals surface area contributed by atoms with Gasteiger partial charge in [-0.15, -0.1) is 0 Å². The van der Waals surface area contributed by atoms with Crippen molar-refractivity contribution in [3.05, 3.63) is 64.1 Å². The average molecular weight is 389 g/mol. The number of hydrogen-bond acceptors (Lipinski definition) is 3. The van der Waals surface area contributed by atoms with Crippen LogP contribution in [-0.4, -0.2) is 18.1 Å². The number of hydrogen-bond donors (Lipinski definition) is 1. The van der Waals surface area contributed by atoms with Gasteiger partial charge in [-0.3, -0.25) is 4.79 Å². The lowest BCUT2D eigenvalue weighted by Gasteiger charge is -2.28. The van der Waals surface area contributed by atoms with Crippen LogP contribution in [0.1, 0.15) is 18.4 Å². The third kappa shape index (κ3) is 4.49. The lowest BCUT2D eigenvalue weighted by atomic mass is 9.95. The number of halogens is 2. The first kappa shape index (κ1) is 18.6. The zero-order valence-corrected chi connectivity index (χ0v) is 15.6. The van der Waals surface area contributed by atoms with E-state index < -0.39 is 5.54 Å². The molecule has 1 aliphatic carbocycles. The second kappa shape index (κ2) is 7.99. The van der Waals surface area contributed by atoms with Crippen LogP contribution in [0.4, 0.5) is 0 Å². The predicted octanol–water partition coefficient (Wildman–Crippen LogP) is 4.40. The fourth-order valence-electron chi connectivity index (χ4n) is 2.82. The molecule has 26 heavy (non-hydrogen) atoms. The Labute approximate surface area is 162 Å². The highest BCUT2D eigenvalue weighted by Crippen LogP contribution is 2.40. The molecule has 3 rings (SSSR count). The second-order valence-electron chi connectivity index (χ2n) is 6.42. The van der Waals surface area contributed by atoms with Crippen LogP contribution in [0.3, 0.4) is 0 Å². The average Bonchev–Trinajstić information content (AvgIpc) is 3.47. The number of nitriles is 1. The van der Waals surface area contributed by atoms with Crippen LogP contribution in [0.2, 0.25) is 10.0 Å². The SMILES string of the molecule is N#CC(COc1ccc(Cl)cc1)(NC(=O)Cc1ccccc1Cl)C1CC1. The lowest BCUT2D eigenvalue weighted by Crippen LogP contribution is -2.54. The Kier molecular flexibility index (Phi) is 5.70. The fourth-order valence-corrected chi connectivity index (χ4v) is 3.15. The van der Waals surface area contributed by atoms with Crippen LogP contribution >= 0.6 is 23.2 Å². The predicted molar refractivity (Wildman–Crippen MR) is 101 cm³/mol. The number of rotatable bonds is 7. The molecule has 2 aromatic rings. The molecule has 0 saturated heterocycles. The summed E-state index contributed by atoms with van der Waals surface area (Å²) in [6.45, 7) is 0.0874. The summed E-state index contributed by atoms with van der Waals surface area (Å²) >= 11 is 12.0. The summed E-state index contributed by atoms with van der Waals surface area (Å²) in [5.41, 5.74) is -0.314. The van der Waals surface area contributed by atoms with Crippen molar-refractivity contribution in [1.82, 2.24) is 5.32 Å². The van der Waals surface area contributed by atoms with E-state index in [9.17, 15) is 10.1 Å². The van der Waals surface area contributed by atoms with E-state index in [-0.39, 0.29) is 24.9 Å². The van der Waals surface area contributed by atoms with E-state index in [4.69, 9.17) is 27.9 Å². The number of nitrogens with zero attached hydrogens (tertiary/aromatic N) is 1. The summed E-state index contributed by atoms with van der Waals surface area (Å²) in [5, 5.41) is 13.8. The molecular weight excluding hydrogens is 371 g/mol.